The number of urea groups is 1. The summed E-state index contributed by atoms with van der Waals surface area (Å²) in [6, 6.07) is 12.9. The van der Waals surface area contributed by atoms with Crippen LogP contribution >= 0.6 is 11.6 Å². The second-order valence-corrected chi connectivity index (χ2v) is 6.06. The van der Waals surface area contributed by atoms with Gasteiger partial charge in [0.1, 0.15) is 0 Å². The van der Waals surface area contributed by atoms with Crippen molar-refractivity contribution < 1.29 is 4.79 Å². The number of amides is 2. The first-order valence-electron chi connectivity index (χ1n) is 7.80. The fraction of sp³-hybridized carbons (Fsp3) is 0.167. The molecule has 1 N–H and O–H groups in total. The molecule has 0 saturated carbocycles. The Hall–Kier alpha value is -2.86. The average Bonchev–Trinajstić information content (AvgIpc) is 3.14. The van der Waals surface area contributed by atoms with E-state index in [0.29, 0.717) is 18.1 Å². The van der Waals surface area contributed by atoms with Crippen LogP contribution in [0.3, 0.4) is 0 Å². The first-order chi connectivity index (χ1) is 12.1. The fourth-order valence-electron chi connectivity index (χ4n) is 2.35. The zero-order valence-electron chi connectivity index (χ0n) is 13.8. The van der Waals surface area contributed by atoms with E-state index in [1.54, 1.807) is 29.0 Å². The zero-order chi connectivity index (χ0) is 17.6. The van der Waals surface area contributed by atoms with Gasteiger partial charge in [0.15, 0.2) is 5.82 Å². The van der Waals surface area contributed by atoms with Crippen LogP contribution in [-0.2, 0) is 13.1 Å². The van der Waals surface area contributed by atoms with E-state index in [0.717, 1.165) is 16.9 Å². The van der Waals surface area contributed by atoms with Gasteiger partial charge in [-0.15, -0.1) is 0 Å². The summed E-state index contributed by atoms with van der Waals surface area (Å²) >= 11 is 5.97. The van der Waals surface area contributed by atoms with Crippen LogP contribution in [0.2, 0.25) is 5.02 Å². The summed E-state index contributed by atoms with van der Waals surface area (Å²) in [6.07, 6.45) is 5.26. The molecule has 2 heterocycles. The van der Waals surface area contributed by atoms with Crippen LogP contribution < -0.4 is 5.32 Å². The topological polar surface area (TPSA) is 63.1 Å². The maximum atomic E-state index is 12.2. The lowest BCUT2D eigenvalue weighted by molar-refractivity contribution is 0.206. The lowest BCUT2D eigenvalue weighted by Crippen LogP contribution is -2.36. The van der Waals surface area contributed by atoms with Crippen molar-refractivity contribution in [1.82, 2.24) is 25.0 Å². The van der Waals surface area contributed by atoms with Gasteiger partial charge in [-0.25, -0.2) is 14.5 Å². The van der Waals surface area contributed by atoms with Crippen molar-refractivity contribution in [3.63, 3.8) is 0 Å². The summed E-state index contributed by atoms with van der Waals surface area (Å²) < 4.78 is 1.68. The molecule has 0 spiro atoms. The lowest BCUT2D eigenvalue weighted by atomic mass is 10.2. The summed E-state index contributed by atoms with van der Waals surface area (Å²) in [5.41, 5.74) is 1.90. The Morgan fingerprint density at radius 1 is 1.24 bits per heavy atom. The van der Waals surface area contributed by atoms with E-state index in [2.05, 4.69) is 15.4 Å². The Labute approximate surface area is 151 Å². The van der Waals surface area contributed by atoms with Gasteiger partial charge in [-0.05, 0) is 35.4 Å². The molecule has 6 nitrogen and oxygen atoms in total. The molecule has 0 aliphatic carbocycles. The third kappa shape index (κ3) is 4.58. The quantitative estimate of drug-likeness (QED) is 0.764. The molecule has 0 bridgehead atoms. The second kappa shape index (κ2) is 7.81. The van der Waals surface area contributed by atoms with E-state index >= 15 is 0 Å². The molecule has 2 amide bonds. The Bertz CT molecular complexity index is 833. The van der Waals surface area contributed by atoms with Crippen molar-refractivity contribution in [3.05, 3.63) is 77.2 Å². The molecule has 3 aromatic rings. The van der Waals surface area contributed by atoms with Gasteiger partial charge in [-0.1, -0.05) is 29.8 Å². The van der Waals surface area contributed by atoms with Crippen molar-refractivity contribution in [1.29, 1.82) is 0 Å². The normalized spacial score (nSPS) is 10.5. The van der Waals surface area contributed by atoms with Crippen LogP contribution in [0.5, 0.6) is 0 Å². The van der Waals surface area contributed by atoms with Crippen molar-refractivity contribution in [2.75, 3.05) is 7.05 Å². The van der Waals surface area contributed by atoms with Gasteiger partial charge in [0, 0.05) is 43.8 Å². The highest BCUT2D eigenvalue weighted by molar-refractivity contribution is 6.30. The molecule has 0 aliphatic heterocycles. The largest absolute Gasteiger partial charge is 0.334 e. The van der Waals surface area contributed by atoms with Crippen LogP contribution in [0.15, 0.2) is 61.1 Å². The van der Waals surface area contributed by atoms with Gasteiger partial charge in [0.2, 0.25) is 0 Å². The number of aromatic nitrogens is 3. The number of nitrogens with one attached hydrogen (secondary N) is 1. The molecule has 128 valence electrons. The molecule has 0 atom stereocenters. The predicted octanol–water partition coefficient (Wildman–Crippen LogP) is 3.26. The summed E-state index contributed by atoms with van der Waals surface area (Å²) in [4.78, 5) is 18.2. The number of carbonyl (C=O) groups excluding carboxylic acids is 1. The molecule has 2 aromatic heterocycles. The third-order valence-corrected chi connectivity index (χ3v) is 3.88. The minimum absolute atomic E-state index is 0.156. The van der Waals surface area contributed by atoms with Crippen LogP contribution in [0, 0.1) is 0 Å². The summed E-state index contributed by atoms with van der Waals surface area (Å²) in [5.74, 6) is 0.734. The van der Waals surface area contributed by atoms with Crippen molar-refractivity contribution in [3.8, 4) is 5.82 Å². The Kier molecular flexibility index (Phi) is 5.30. The summed E-state index contributed by atoms with van der Waals surface area (Å²) in [7, 11) is 1.75. The van der Waals surface area contributed by atoms with E-state index in [1.165, 1.54) is 0 Å². The highest BCUT2D eigenvalue weighted by Gasteiger charge is 2.09. The number of hydrogen-bond donors (Lipinski definition) is 1. The van der Waals surface area contributed by atoms with Gasteiger partial charge in [-0.2, -0.15) is 5.10 Å². The van der Waals surface area contributed by atoms with E-state index in [4.69, 9.17) is 11.6 Å². The Morgan fingerprint density at radius 2 is 2.12 bits per heavy atom. The van der Waals surface area contributed by atoms with Crippen LogP contribution in [0.1, 0.15) is 11.1 Å². The molecule has 0 unspecified atom stereocenters. The highest BCUT2D eigenvalue weighted by atomic mass is 35.5. The molecule has 7 heteroatoms. The van der Waals surface area contributed by atoms with Crippen LogP contribution in [0.25, 0.3) is 5.82 Å². The molecular weight excluding hydrogens is 338 g/mol. The third-order valence-electron chi connectivity index (χ3n) is 3.65. The first kappa shape index (κ1) is 17.0. The average molecular weight is 356 g/mol. The molecule has 25 heavy (non-hydrogen) atoms. The molecule has 0 saturated heterocycles. The number of carbonyl (C=O) groups is 1. The van der Waals surface area contributed by atoms with Crippen molar-refractivity contribution in [2.24, 2.45) is 0 Å². The minimum Gasteiger partial charge on any atom is -0.334 e. The Morgan fingerprint density at radius 3 is 2.80 bits per heavy atom. The molecule has 0 radical (unpaired) electrons. The molecular formula is C18H18ClN5O. The standard InChI is InChI=1S/C18H18ClN5O/c1-23(13-14-4-2-5-16(19)10-14)18(25)21-12-15-6-7-17(20-11-15)24-9-3-8-22-24/h2-11H,12-13H2,1H3,(H,21,25). The zero-order valence-corrected chi connectivity index (χ0v) is 14.5. The van der Waals surface area contributed by atoms with Gasteiger partial charge < -0.3 is 10.2 Å². The smallest absolute Gasteiger partial charge is 0.317 e. The maximum absolute atomic E-state index is 12.2. The molecule has 1 aromatic carbocycles. The number of rotatable bonds is 5. The Balaban J connectivity index is 1.53. The van der Waals surface area contributed by atoms with Gasteiger partial charge >= 0.3 is 6.03 Å². The molecule has 3 rings (SSSR count). The summed E-state index contributed by atoms with van der Waals surface area (Å²) in [5, 5.41) is 7.67. The van der Waals surface area contributed by atoms with Crippen molar-refractivity contribution in [2.45, 2.75) is 13.1 Å². The SMILES string of the molecule is CN(Cc1cccc(Cl)c1)C(=O)NCc1ccc(-n2cccn2)nc1. The van der Waals surface area contributed by atoms with Crippen molar-refractivity contribution >= 4 is 17.6 Å². The highest BCUT2D eigenvalue weighted by Crippen LogP contribution is 2.12. The second-order valence-electron chi connectivity index (χ2n) is 5.62. The van der Waals surface area contributed by atoms with Gasteiger partial charge in [0.25, 0.3) is 0 Å². The van der Waals surface area contributed by atoms with Crippen LogP contribution in [-0.4, -0.2) is 32.7 Å². The number of benzene rings is 1. The monoisotopic (exact) mass is 355 g/mol. The predicted molar refractivity (Wildman–Crippen MR) is 96.5 cm³/mol. The minimum atomic E-state index is -0.156. The van der Waals surface area contributed by atoms with E-state index < -0.39 is 0 Å². The fourth-order valence-corrected chi connectivity index (χ4v) is 2.57. The lowest BCUT2D eigenvalue weighted by Gasteiger charge is -2.18. The number of pyridine rings is 1. The number of hydrogen-bond acceptors (Lipinski definition) is 3. The first-order valence-corrected chi connectivity index (χ1v) is 8.18. The van der Waals surface area contributed by atoms with E-state index in [9.17, 15) is 4.79 Å². The van der Waals surface area contributed by atoms with Gasteiger partial charge in [-0.3, -0.25) is 0 Å². The number of nitrogens with zero attached hydrogens (tertiary/aromatic N) is 4. The van der Waals surface area contributed by atoms with Crippen LogP contribution in [0.4, 0.5) is 4.79 Å². The van der Waals surface area contributed by atoms with E-state index in [-0.39, 0.29) is 6.03 Å². The van der Waals surface area contributed by atoms with E-state index in [1.807, 2.05) is 48.7 Å². The maximum Gasteiger partial charge on any atom is 0.317 e. The van der Waals surface area contributed by atoms with Gasteiger partial charge in [0.05, 0.1) is 0 Å². The number of halogens is 1. The summed E-state index contributed by atoms with van der Waals surface area (Å²) in [6.45, 7) is 0.897. The molecule has 0 aliphatic rings. The molecule has 0 fully saturated rings.